The Balaban J connectivity index is 1.37. The fraction of sp³-hybridized carbons (Fsp3) is 0.429. The van der Waals surface area contributed by atoms with Crippen LogP contribution < -0.4 is 10.6 Å². The third-order valence-corrected chi connectivity index (χ3v) is 6.25. The first-order valence-corrected chi connectivity index (χ1v) is 10.3. The number of nitrogens with one attached hydrogen (secondary N) is 2. The van der Waals surface area contributed by atoms with Crippen LogP contribution in [0.3, 0.4) is 0 Å². The van der Waals surface area contributed by atoms with Crippen LogP contribution in [-0.4, -0.2) is 42.9 Å². The van der Waals surface area contributed by atoms with Crippen molar-refractivity contribution in [3.05, 3.63) is 51.7 Å². The fourth-order valence-electron chi connectivity index (χ4n) is 3.38. The summed E-state index contributed by atoms with van der Waals surface area (Å²) < 4.78 is 0. The summed E-state index contributed by atoms with van der Waals surface area (Å²) in [6.07, 6.45) is 2.31. The van der Waals surface area contributed by atoms with Crippen molar-refractivity contribution in [2.45, 2.75) is 32.6 Å². The van der Waals surface area contributed by atoms with Crippen LogP contribution in [0.2, 0.25) is 0 Å². The molecule has 0 spiro atoms. The number of hydrogen-bond donors (Lipinski definition) is 2. The lowest BCUT2D eigenvalue weighted by molar-refractivity contribution is -0.136. The molecule has 1 saturated heterocycles. The topological polar surface area (TPSA) is 61.4 Å². The van der Waals surface area contributed by atoms with Crippen LogP contribution >= 0.6 is 11.3 Å². The highest BCUT2D eigenvalue weighted by atomic mass is 32.1. The van der Waals surface area contributed by atoms with Crippen LogP contribution in [0.4, 0.5) is 5.69 Å². The van der Waals surface area contributed by atoms with Gasteiger partial charge in [-0.05, 0) is 80.4 Å². The third kappa shape index (κ3) is 5.40. The monoisotopic (exact) mass is 385 g/mol. The largest absolute Gasteiger partial charge is 0.347 e. The van der Waals surface area contributed by atoms with Crippen LogP contribution in [0.1, 0.15) is 34.8 Å². The molecule has 1 fully saturated rings. The predicted octanol–water partition coefficient (Wildman–Crippen LogP) is 3.30. The summed E-state index contributed by atoms with van der Waals surface area (Å²) in [4.78, 5) is 27.9. The summed E-state index contributed by atoms with van der Waals surface area (Å²) in [5.41, 5.74) is 2.88. The third-order valence-electron chi connectivity index (χ3n) is 5.22. The molecule has 0 bridgehead atoms. The molecule has 2 amide bonds. The molecule has 1 aromatic carbocycles. The Kier molecular flexibility index (Phi) is 6.63. The zero-order valence-corrected chi connectivity index (χ0v) is 16.8. The lowest BCUT2D eigenvalue weighted by Crippen LogP contribution is -2.42. The number of piperidine rings is 1. The fourth-order valence-corrected chi connectivity index (χ4v) is 4.28. The van der Waals surface area contributed by atoms with Gasteiger partial charge in [-0.15, -0.1) is 11.3 Å². The summed E-state index contributed by atoms with van der Waals surface area (Å²) in [6, 6.07) is 9.95. The normalized spacial score (nSPS) is 15.5. The Morgan fingerprint density at radius 3 is 2.56 bits per heavy atom. The number of carbonyl (C=O) groups is 2. The van der Waals surface area contributed by atoms with Gasteiger partial charge in [0.15, 0.2) is 0 Å². The smallest absolute Gasteiger partial charge is 0.313 e. The first-order chi connectivity index (χ1) is 13.0. The number of carbonyl (C=O) groups excluding carboxylic acids is 2. The van der Waals surface area contributed by atoms with Crippen LogP contribution in [0.25, 0.3) is 0 Å². The maximum atomic E-state index is 12.0. The van der Waals surface area contributed by atoms with E-state index in [1.165, 1.54) is 4.88 Å². The van der Waals surface area contributed by atoms with E-state index in [1.807, 2.05) is 43.4 Å². The number of likely N-dealkylation sites (tertiary alicyclic amines) is 1. The number of thiophene rings is 1. The average molecular weight is 386 g/mol. The molecule has 0 radical (unpaired) electrons. The lowest BCUT2D eigenvalue weighted by atomic mass is 9.95. The van der Waals surface area contributed by atoms with Crippen molar-refractivity contribution in [3.8, 4) is 0 Å². The summed E-state index contributed by atoms with van der Waals surface area (Å²) in [6.45, 7) is 7.33. The first-order valence-electron chi connectivity index (χ1n) is 9.45. The maximum Gasteiger partial charge on any atom is 0.313 e. The molecular formula is C21H27N3O2S. The molecule has 2 heterocycles. The summed E-state index contributed by atoms with van der Waals surface area (Å²) in [5, 5.41) is 7.52. The molecule has 2 aromatic rings. The van der Waals surface area contributed by atoms with Crippen molar-refractivity contribution in [3.63, 3.8) is 0 Å². The Labute approximate surface area is 164 Å². The molecular weight excluding hydrogens is 358 g/mol. The van der Waals surface area contributed by atoms with E-state index < -0.39 is 11.8 Å². The predicted molar refractivity (Wildman–Crippen MR) is 110 cm³/mol. The van der Waals surface area contributed by atoms with Crippen molar-refractivity contribution in [1.82, 2.24) is 10.2 Å². The number of anilines is 1. The average Bonchev–Trinajstić information content (AvgIpc) is 3.20. The van der Waals surface area contributed by atoms with Gasteiger partial charge in [-0.2, -0.15) is 0 Å². The van der Waals surface area contributed by atoms with Crippen molar-refractivity contribution in [2.75, 3.05) is 31.5 Å². The minimum Gasteiger partial charge on any atom is -0.347 e. The highest BCUT2D eigenvalue weighted by Crippen LogP contribution is 2.30. The molecule has 144 valence electrons. The molecule has 0 saturated carbocycles. The van der Waals surface area contributed by atoms with Gasteiger partial charge >= 0.3 is 11.8 Å². The minimum absolute atomic E-state index is 0.489. The van der Waals surface area contributed by atoms with Crippen molar-refractivity contribution in [1.29, 1.82) is 0 Å². The van der Waals surface area contributed by atoms with E-state index in [9.17, 15) is 9.59 Å². The summed E-state index contributed by atoms with van der Waals surface area (Å²) in [7, 11) is 0. The lowest BCUT2D eigenvalue weighted by Gasteiger charge is -2.31. The molecule has 3 rings (SSSR count). The van der Waals surface area contributed by atoms with Gasteiger partial charge in [0, 0.05) is 23.7 Å². The van der Waals surface area contributed by atoms with Gasteiger partial charge in [0.2, 0.25) is 0 Å². The van der Waals surface area contributed by atoms with Crippen molar-refractivity contribution in [2.24, 2.45) is 0 Å². The molecule has 5 nitrogen and oxygen atoms in total. The van der Waals surface area contributed by atoms with E-state index in [2.05, 4.69) is 33.0 Å². The summed E-state index contributed by atoms with van der Waals surface area (Å²) >= 11 is 1.84. The molecule has 0 aliphatic carbocycles. The quantitative estimate of drug-likeness (QED) is 0.777. The van der Waals surface area contributed by atoms with Crippen molar-refractivity contribution < 1.29 is 9.59 Å². The zero-order valence-electron chi connectivity index (χ0n) is 16.0. The molecule has 1 aliphatic rings. The van der Waals surface area contributed by atoms with Crippen LogP contribution in [-0.2, 0) is 9.59 Å². The number of benzene rings is 1. The van der Waals surface area contributed by atoms with E-state index >= 15 is 0 Å². The second-order valence-corrected chi connectivity index (χ2v) is 8.12. The SMILES string of the molecule is Cc1ccc(NC(=O)C(=O)NCCN2CCC(c3cccs3)CC2)cc1C. The highest BCUT2D eigenvalue weighted by molar-refractivity contribution is 7.10. The first kappa shape index (κ1) is 19.6. The van der Waals surface area contributed by atoms with Crippen LogP contribution in [0, 0.1) is 13.8 Å². The highest BCUT2D eigenvalue weighted by Gasteiger charge is 2.21. The maximum absolute atomic E-state index is 12.0. The van der Waals surface area contributed by atoms with Gasteiger partial charge in [0.1, 0.15) is 0 Å². The molecule has 6 heteroatoms. The molecule has 0 unspecified atom stereocenters. The summed E-state index contributed by atoms with van der Waals surface area (Å²) in [5.74, 6) is -0.532. The Morgan fingerprint density at radius 1 is 1.11 bits per heavy atom. The Bertz CT molecular complexity index is 781. The Morgan fingerprint density at radius 2 is 1.89 bits per heavy atom. The van der Waals surface area contributed by atoms with E-state index in [1.54, 1.807) is 0 Å². The number of hydrogen-bond acceptors (Lipinski definition) is 4. The number of rotatable bonds is 5. The van der Waals surface area contributed by atoms with Crippen LogP contribution in [0.15, 0.2) is 35.7 Å². The minimum atomic E-state index is -0.616. The Hall–Kier alpha value is -2.18. The second-order valence-electron chi connectivity index (χ2n) is 7.14. The van der Waals surface area contributed by atoms with Gasteiger partial charge in [0.05, 0.1) is 0 Å². The van der Waals surface area contributed by atoms with E-state index in [4.69, 9.17) is 0 Å². The van der Waals surface area contributed by atoms with E-state index in [-0.39, 0.29) is 0 Å². The molecule has 1 aromatic heterocycles. The molecule has 0 atom stereocenters. The molecule has 2 N–H and O–H groups in total. The standard InChI is InChI=1S/C21H27N3O2S/c1-15-5-6-18(14-16(15)2)23-21(26)20(25)22-9-12-24-10-7-17(8-11-24)19-4-3-13-27-19/h3-6,13-14,17H,7-12H2,1-2H3,(H,22,25)(H,23,26). The van der Waals surface area contributed by atoms with Gasteiger partial charge in [0.25, 0.3) is 0 Å². The number of aryl methyl sites for hydroxylation is 2. The van der Waals surface area contributed by atoms with Crippen molar-refractivity contribution >= 4 is 28.8 Å². The van der Waals surface area contributed by atoms with E-state index in [0.717, 1.165) is 43.6 Å². The molecule has 1 aliphatic heterocycles. The van der Waals surface area contributed by atoms with Gasteiger partial charge < -0.3 is 15.5 Å². The number of nitrogens with zero attached hydrogens (tertiary/aromatic N) is 1. The zero-order chi connectivity index (χ0) is 19.2. The van der Waals surface area contributed by atoms with Gasteiger partial charge in [-0.1, -0.05) is 12.1 Å². The second kappa shape index (κ2) is 9.15. The van der Waals surface area contributed by atoms with Gasteiger partial charge in [-0.25, -0.2) is 0 Å². The van der Waals surface area contributed by atoms with Crippen LogP contribution in [0.5, 0.6) is 0 Å². The number of amides is 2. The molecule has 27 heavy (non-hydrogen) atoms. The van der Waals surface area contributed by atoms with E-state index in [0.29, 0.717) is 18.2 Å². The van der Waals surface area contributed by atoms with Gasteiger partial charge in [-0.3, -0.25) is 9.59 Å².